The molecule has 0 aromatic heterocycles. The zero-order valence-corrected chi connectivity index (χ0v) is 18.3. The van der Waals surface area contributed by atoms with Gasteiger partial charge in [0.15, 0.2) is 0 Å². The third kappa shape index (κ3) is 5.17. The second-order valence-corrected chi connectivity index (χ2v) is 7.98. The molecule has 0 bridgehead atoms. The highest BCUT2D eigenvalue weighted by Crippen LogP contribution is 2.43. The summed E-state index contributed by atoms with van der Waals surface area (Å²) in [4.78, 5) is 14.8. The molecule has 1 amide bonds. The largest absolute Gasteiger partial charge is 0.383 e. The van der Waals surface area contributed by atoms with Gasteiger partial charge in [-0.05, 0) is 50.2 Å². The Labute approximate surface area is 182 Å². The number of likely N-dealkylation sites (N-methyl/N-ethyl adjacent to an activating group) is 1. The molecule has 1 aliphatic rings. The van der Waals surface area contributed by atoms with E-state index in [0.29, 0.717) is 25.2 Å². The number of carbonyl (C=O) groups is 1. The zero-order chi connectivity index (χ0) is 22.4. The molecule has 5 nitrogen and oxygen atoms in total. The van der Waals surface area contributed by atoms with Crippen molar-refractivity contribution >= 4 is 11.6 Å². The molecule has 1 aliphatic heterocycles. The Balaban J connectivity index is 1.94. The molecule has 0 aliphatic carbocycles. The molecule has 0 unspecified atom stereocenters. The van der Waals surface area contributed by atoms with Crippen LogP contribution in [0.2, 0.25) is 0 Å². The molecule has 0 N–H and O–H groups in total. The molecule has 31 heavy (non-hydrogen) atoms. The standard InChI is InChI=1S/C24H29F2N3O2/c1-18(30)29-24(19-8-5-4-6-9-19,12-7-13-28(2)14-15-31-3)17-23(27-29)21-16-20(25)10-11-22(21)26/h4-6,8-11,16H,7,12-15,17H2,1-3H3/t24-/m0/s1. The number of hydrogen-bond acceptors (Lipinski definition) is 4. The molecule has 166 valence electrons. The molecule has 0 saturated carbocycles. The third-order valence-electron chi connectivity index (χ3n) is 5.74. The fourth-order valence-corrected chi connectivity index (χ4v) is 4.15. The van der Waals surface area contributed by atoms with Crippen molar-refractivity contribution in [3.05, 3.63) is 71.3 Å². The van der Waals surface area contributed by atoms with E-state index in [1.54, 1.807) is 7.11 Å². The Bertz CT molecular complexity index is 936. The van der Waals surface area contributed by atoms with Crippen LogP contribution in [0.3, 0.4) is 0 Å². The topological polar surface area (TPSA) is 45.1 Å². The van der Waals surface area contributed by atoms with Gasteiger partial charge in [0.1, 0.15) is 11.6 Å². The molecule has 0 fully saturated rings. The highest BCUT2D eigenvalue weighted by molar-refractivity contribution is 6.03. The lowest BCUT2D eigenvalue weighted by Gasteiger charge is -2.37. The molecule has 2 aromatic carbocycles. The van der Waals surface area contributed by atoms with Gasteiger partial charge in [0.25, 0.3) is 0 Å². The number of rotatable bonds is 9. The minimum atomic E-state index is -0.747. The number of hydrogen-bond donors (Lipinski definition) is 0. The normalized spacial score (nSPS) is 18.5. The average Bonchev–Trinajstić information content (AvgIpc) is 3.15. The van der Waals surface area contributed by atoms with Crippen molar-refractivity contribution < 1.29 is 18.3 Å². The van der Waals surface area contributed by atoms with E-state index in [1.165, 1.54) is 11.9 Å². The number of ether oxygens (including phenoxy) is 1. The van der Waals surface area contributed by atoms with E-state index in [9.17, 15) is 13.6 Å². The van der Waals surface area contributed by atoms with Gasteiger partial charge in [-0.25, -0.2) is 13.8 Å². The van der Waals surface area contributed by atoms with Crippen molar-refractivity contribution in [1.82, 2.24) is 9.91 Å². The van der Waals surface area contributed by atoms with Gasteiger partial charge in [-0.3, -0.25) is 4.79 Å². The van der Waals surface area contributed by atoms with Crippen molar-refractivity contribution in [2.75, 3.05) is 33.9 Å². The Morgan fingerprint density at radius 1 is 1.19 bits per heavy atom. The SMILES string of the molecule is COCCN(C)CCC[C@@]1(c2ccccc2)CC(c2cc(F)ccc2F)=NN1C(C)=O. The van der Waals surface area contributed by atoms with Crippen LogP contribution in [0.25, 0.3) is 0 Å². The monoisotopic (exact) mass is 429 g/mol. The minimum absolute atomic E-state index is 0.0984. The average molecular weight is 430 g/mol. The Hall–Kier alpha value is -2.64. The molecule has 0 radical (unpaired) electrons. The van der Waals surface area contributed by atoms with Crippen LogP contribution in [-0.2, 0) is 15.1 Å². The van der Waals surface area contributed by atoms with Crippen molar-refractivity contribution in [2.45, 2.75) is 31.7 Å². The zero-order valence-electron chi connectivity index (χ0n) is 18.3. The lowest BCUT2D eigenvalue weighted by molar-refractivity contribution is -0.135. The molecule has 3 rings (SSSR count). The van der Waals surface area contributed by atoms with E-state index in [1.807, 2.05) is 37.4 Å². The molecular formula is C24H29F2N3O2. The predicted molar refractivity (Wildman–Crippen MR) is 117 cm³/mol. The lowest BCUT2D eigenvalue weighted by atomic mass is 9.80. The summed E-state index contributed by atoms with van der Waals surface area (Å²) in [5.74, 6) is -1.32. The fraction of sp³-hybridized carbons (Fsp3) is 0.417. The van der Waals surface area contributed by atoms with Crippen molar-refractivity contribution in [1.29, 1.82) is 0 Å². The van der Waals surface area contributed by atoms with Gasteiger partial charge in [0, 0.05) is 32.6 Å². The van der Waals surface area contributed by atoms with Crippen molar-refractivity contribution in [2.24, 2.45) is 5.10 Å². The molecule has 0 spiro atoms. The molecule has 1 heterocycles. The van der Waals surface area contributed by atoms with Gasteiger partial charge in [0.05, 0.1) is 17.9 Å². The quantitative estimate of drug-likeness (QED) is 0.601. The van der Waals surface area contributed by atoms with Crippen molar-refractivity contribution in [3.63, 3.8) is 0 Å². The second-order valence-electron chi connectivity index (χ2n) is 7.98. The van der Waals surface area contributed by atoms with E-state index in [4.69, 9.17) is 4.74 Å². The number of halogens is 2. The summed E-state index contributed by atoms with van der Waals surface area (Å²) < 4.78 is 33.5. The summed E-state index contributed by atoms with van der Waals surface area (Å²) in [6.07, 6.45) is 1.75. The second kappa shape index (κ2) is 10.1. The van der Waals surface area contributed by atoms with Crippen LogP contribution >= 0.6 is 0 Å². The van der Waals surface area contributed by atoms with E-state index in [2.05, 4.69) is 10.0 Å². The first-order valence-electron chi connectivity index (χ1n) is 10.4. The number of carbonyl (C=O) groups excluding carboxylic acids is 1. The van der Waals surface area contributed by atoms with Gasteiger partial charge in [-0.2, -0.15) is 5.10 Å². The summed E-state index contributed by atoms with van der Waals surface area (Å²) in [5.41, 5.74) is 0.661. The fourth-order valence-electron chi connectivity index (χ4n) is 4.15. The van der Waals surface area contributed by atoms with E-state index in [0.717, 1.165) is 43.3 Å². The highest BCUT2D eigenvalue weighted by Gasteiger charge is 2.46. The van der Waals surface area contributed by atoms with Crippen LogP contribution in [-0.4, -0.2) is 55.4 Å². The number of benzene rings is 2. The predicted octanol–water partition coefficient (Wildman–Crippen LogP) is 4.18. The summed E-state index contributed by atoms with van der Waals surface area (Å²) in [5, 5.41) is 5.95. The summed E-state index contributed by atoms with van der Waals surface area (Å²) in [7, 11) is 3.70. The maximum Gasteiger partial charge on any atom is 0.240 e. The number of nitrogens with zero attached hydrogens (tertiary/aromatic N) is 3. The van der Waals surface area contributed by atoms with Gasteiger partial charge in [-0.1, -0.05) is 30.3 Å². The number of methoxy groups -OCH3 is 1. The molecular weight excluding hydrogens is 400 g/mol. The molecule has 7 heteroatoms. The lowest BCUT2D eigenvalue weighted by Crippen LogP contribution is -2.43. The van der Waals surface area contributed by atoms with Crippen LogP contribution in [0.4, 0.5) is 8.78 Å². The van der Waals surface area contributed by atoms with Gasteiger partial charge < -0.3 is 9.64 Å². The van der Waals surface area contributed by atoms with Crippen LogP contribution in [0, 0.1) is 11.6 Å². The van der Waals surface area contributed by atoms with Gasteiger partial charge >= 0.3 is 0 Å². The van der Waals surface area contributed by atoms with E-state index >= 15 is 0 Å². The molecule has 0 saturated heterocycles. The molecule has 1 atom stereocenters. The van der Waals surface area contributed by atoms with Crippen LogP contribution < -0.4 is 0 Å². The van der Waals surface area contributed by atoms with Gasteiger partial charge in [-0.15, -0.1) is 0 Å². The maximum absolute atomic E-state index is 14.5. The first-order valence-corrected chi connectivity index (χ1v) is 10.4. The maximum atomic E-state index is 14.5. The van der Waals surface area contributed by atoms with E-state index in [-0.39, 0.29) is 11.5 Å². The first-order chi connectivity index (χ1) is 14.9. The Morgan fingerprint density at radius 3 is 2.61 bits per heavy atom. The Kier molecular flexibility index (Phi) is 7.51. The highest BCUT2D eigenvalue weighted by atomic mass is 19.1. The van der Waals surface area contributed by atoms with Crippen molar-refractivity contribution in [3.8, 4) is 0 Å². The van der Waals surface area contributed by atoms with Crippen LogP contribution in [0.15, 0.2) is 53.6 Å². The van der Waals surface area contributed by atoms with E-state index < -0.39 is 17.2 Å². The smallest absolute Gasteiger partial charge is 0.240 e. The summed E-state index contributed by atoms with van der Waals surface area (Å²) >= 11 is 0. The minimum Gasteiger partial charge on any atom is -0.383 e. The number of amides is 1. The number of hydrazone groups is 1. The Morgan fingerprint density at radius 2 is 1.94 bits per heavy atom. The first kappa shape index (κ1) is 23.0. The van der Waals surface area contributed by atoms with Crippen LogP contribution in [0.5, 0.6) is 0 Å². The van der Waals surface area contributed by atoms with Crippen LogP contribution in [0.1, 0.15) is 37.3 Å². The molecule has 2 aromatic rings. The summed E-state index contributed by atoms with van der Waals surface area (Å²) in [6.45, 7) is 3.72. The summed E-state index contributed by atoms with van der Waals surface area (Å²) in [6, 6.07) is 13.0. The van der Waals surface area contributed by atoms with Gasteiger partial charge in [0.2, 0.25) is 5.91 Å². The third-order valence-corrected chi connectivity index (χ3v) is 5.74.